The summed E-state index contributed by atoms with van der Waals surface area (Å²) in [5.74, 6) is -0.678. The third kappa shape index (κ3) is 6.80. The molecule has 3 N–H and O–H groups in total. The van der Waals surface area contributed by atoms with E-state index < -0.39 is 12.5 Å². The Kier molecular flexibility index (Phi) is 8.13. The normalized spacial score (nSPS) is 14.0. The van der Waals surface area contributed by atoms with Crippen molar-refractivity contribution in [3.8, 4) is 16.9 Å². The number of halogens is 2. The van der Waals surface area contributed by atoms with Gasteiger partial charge >= 0.3 is 6.61 Å². The number of carbonyl (C=O) groups is 2. The van der Waals surface area contributed by atoms with Gasteiger partial charge in [-0.1, -0.05) is 24.3 Å². The number of nitrogens with one attached hydrogen (secondary N) is 1. The van der Waals surface area contributed by atoms with Crippen LogP contribution in [0.25, 0.3) is 11.1 Å². The maximum atomic E-state index is 12.9. The molecular formula is C25H25F2N5O4. The zero-order valence-corrected chi connectivity index (χ0v) is 19.3. The molecule has 0 bridgehead atoms. The lowest BCUT2D eigenvalue weighted by Gasteiger charge is -2.26. The van der Waals surface area contributed by atoms with E-state index in [0.29, 0.717) is 26.3 Å². The summed E-state index contributed by atoms with van der Waals surface area (Å²) in [6.45, 7) is -0.780. The fourth-order valence-electron chi connectivity index (χ4n) is 3.74. The van der Waals surface area contributed by atoms with Crippen LogP contribution in [0.3, 0.4) is 0 Å². The van der Waals surface area contributed by atoms with E-state index in [4.69, 9.17) is 10.5 Å². The van der Waals surface area contributed by atoms with Gasteiger partial charge in [0.25, 0.3) is 0 Å². The molecule has 1 fully saturated rings. The zero-order chi connectivity index (χ0) is 25.5. The van der Waals surface area contributed by atoms with Crippen molar-refractivity contribution in [1.29, 1.82) is 0 Å². The van der Waals surface area contributed by atoms with Gasteiger partial charge in [0.15, 0.2) is 5.78 Å². The first kappa shape index (κ1) is 25.1. The van der Waals surface area contributed by atoms with Crippen LogP contribution in [0.5, 0.6) is 5.75 Å². The lowest BCUT2D eigenvalue weighted by Crippen LogP contribution is -2.41. The van der Waals surface area contributed by atoms with Gasteiger partial charge in [-0.3, -0.25) is 14.5 Å². The molecule has 3 aromatic rings. The quantitative estimate of drug-likeness (QED) is 0.433. The molecule has 0 atom stereocenters. The van der Waals surface area contributed by atoms with Crippen molar-refractivity contribution in [2.75, 3.05) is 43.9 Å². The van der Waals surface area contributed by atoms with Gasteiger partial charge < -0.3 is 20.5 Å². The van der Waals surface area contributed by atoms with Gasteiger partial charge in [-0.15, -0.1) is 0 Å². The summed E-state index contributed by atoms with van der Waals surface area (Å²) in [5.41, 5.74) is 8.19. The maximum absolute atomic E-state index is 12.9. The maximum Gasteiger partial charge on any atom is 0.387 e. The molecule has 0 aliphatic carbocycles. The monoisotopic (exact) mass is 497 g/mol. The second kappa shape index (κ2) is 11.6. The van der Waals surface area contributed by atoms with Gasteiger partial charge in [0.1, 0.15) is 5.75 Å². The molecule has 9 nitrogen and oxygen atoms in total. The Morgan fingerprint density at radius 1 is 1.06 bits per heavy atom. The van der Waals surface area contributed by atoms with E-state index >= 15 is 0 Å². The summed E-state index contributed by atoms with van der Waals surface area (Å²) >= 11 is 0. The number of amides is 1. The van der Waals surface area contributed by atoms with E-state index in [1.807, 2.05) is 29.2 Å². The second-order valence-electron chi connectivity index (χ2n) is 8.15. The van der Waals surface area contributed by atoms with Crippen molar-refractivity contribution in [2.24, 2.45) is 0 Å². The molecule has 1 aliphatic rings. The highest BCUT2D eigenvalue weighted by Gasteiger charge is 2.19. The van der Waals surface area contributed by atoms with Crippen LogP contribution in [0.4, 0.5) is 20.4 Å². The molecule has 1 aliphatic heterocycles. The fraction of sp³-hybridized carbons (Fsp3) is 0.280. The van der Waals surface area contributed by atoms with Crippen molar-refractivity contribution in [3.63, 3.8) is 0 Å². The molecule has 36 heavy (non-hydrogen) atoms. The van der Waals surface area contributed by atoms with Gasteiger partial charge in [0.2, 0.25) is 11.9 Å². The molecule has 1 amide bonds. The largest absolute Gasteiger partial charge is 0.433 e. The Labute approximate surface area is 206 Å². The molecule has 2 aromatic carbocycles. The minimum absolute atomic E-state index is 0.0121. The number of morpholine rings is 1. The summed E-state index contributed by atoms with van der Waals surface area (Å²) in [6, 6.07) is 11.3. The Bertz CT molecular complexity index is 1200. The lowest BCUT2D eigenvalue weighted by molar-refractivity contribution is -0.118. The van der Waals surface area contributed by atoms with Gasteiger partial charge in [-0.05, 0) is 29.3 Å². The van der Waals surface area contributed by atoms with Gasteiger partial charge in [-0.2, -0.15) is 8.78 Å². The van der Waals surface area contributed by atoms with Crippen molar-refractivity contribution in [2.45, 2.75) is 13.0 Å². The predicted octanol–water partition coefficient (Wildman–Crippen LogP) is 3.02. The third-order valence-electron chi connectivity index (χ3n) is 5.59. The fourth-order valence-corrected chi connectivity index (χ4v) is 3.74. The first-order valence-electron chi connectivity index (χ1n) is 11.3. The molecule has 11 heteroatoms. The lowest BCUT2D eigenvalue weighted by atomic mass is 10.00. The molecule has 0 unspecified atom stereocenters. The first-order valence-corrected chi connectivity index (χ1v) is 11.3. The van der Waals surface area contributed by atoms with Crippen molar-refractivity contribution in [3.05, 3.63) is 66.0 Å². The average Bonchev–Trinajstić information content (AvgIpc) is 2.86. The minimum Gasteiger partial charge on any atom is -0.433 e. The van der Waals surface area contributed by atoms with Crippen LogP contribution in [0.1, 0.15) is 15.9 Å². The van der Waals surface area contributed by atoms with Crippen molar-refractivity contribution in [1.82, 2.24) is 14.9 Å². The Hall–Kier alpha value is -3.96. The number of ketones is 1. The molecule has 0 spiro atoms. The minimum atomic E-state index is -3.08. The molecule has 0 saturated carbocycles. The number of ether oxygens (including phenoxy) is 2. The summed E-state index contributed by atoms with van der Waals surface area (Å²) < 4.78 is 35.6. The number of rotatable bonds is 9. The molecule has 1 saturated heterocycles. The summed E-state index contributed by atoms with van der Waals surface area (Å²) in [5, 5.41) is 2.60. The smallest absolute Gasteiger partial charge is 0.387 e. The molecule has 0 radical (unpaired) electrons. The Morgan fingerprint density at radius 3 is 2.42 bits per heavy atom. The number of hydrogen-bond donors (Lipinski definition) is 2. The standard InChI is InChI=1S/C25H25F2N5O4/c26-24(27)36-22-6-5-18(12-20(22)31-23(34)15-32-7-9-35-10-8-32)21(33)11-16-1-3-17(4-2-16)19-13-29-25(28)30-14-19/h1-6,12-14,24H,7-11,15H2,(H,31,34)(H2,28,29,30). The number of benzene rings is 2. The SMILES string of the molecule is Nc1ncc(-c2ccc(CC(=O)c3ccc(OC(F)F)c(NC(=O)CN4CCOCC4)c3)cc2)cn1. The first-order chi connectivity index (χ1) is 17.4. The van der Waals surface area contributed by atoms with Crippen LogP contribution in [0.2, 0.25) is 0 Å². The van der Waals surface area contributed by atoms with Crippen LogP contribution in [0.15, 0.2) is 54.9 Å². The van der Waals surface area contributed by atoms with Crippen molar-refractivity contribution < 1.29 is 27.8 Å². The Balaban J connectivity index is 1.46. The highest BCUT2D eigenvalue weighted by atomic mass is 19.3. The number of nitrogen functional groups attached to an aromatic ring is 1. The van der Waals surface area contributed by atoms with Crippen LogP contribution < -0.4 is 15.8 Å². The molecule has 1 aromatic heterocycles. The van der Waals surface area contributed by atoms with E-state index in [-0.39, 0.29) is 41.7 Å². The predicted molar refractivity (Wildman–Crippen MR) is 129 cm³/mol. The van der Waals surface area contributed by atoms with Crippen LogP contribution in [-0.4, -0.2) is 66.0 Å². The highest BCUT2D eigenvalue weighted by molar-refractivity contribution is 6.00. The van der Waals surface area contributed by atoms with Crippen LogP contribution in [0, 0.1) is 0 Å². The van der Waals surface area contributed by atoms with E-state index in [0.717, 1.165) is 16.7 Å². The summed E-state index contributed by atoms with van der Waals surface area (Å²) in [6.07, 6.45) is 3.30. The number of nitrogens with zero attached hydrogens (tertiary/aromatic N) is 3. The number of aromatic nitrogens is 2. The summed E-state index contributed by atoms with van der Waals surface area (Å²) in [4.78, 5) is 35.3. The van der Waals surface area contributed by atoms with Gasteiger partial charge in [0.05, 0.1) is 25.4 Å². The zero-order valence-electron chi connectivity index (χ0n) is 19.3. The third-order valence-corrected chi connectivity index (χ3v) is 5.59. The summed E-state index contributed by atoms with van der Waals surface area (Å²) in [7, 11) is 0. The van der Waals surface area contributed by atoms with E-state index in [9.17, 15) is 18.4 Å². The number of nitrogens with two attached hydrogens (primary N) is 1. The highest BCUT2D eigenvalue weighted by Crippen LogP contribution is 2.28. The van der Waals surface area contributed by atoms with Crippen molar-refractivity contribution >= 4 is 23.3 Å². The number of alkyl halides is 2. The van der Waals surface area contributed by atoms with E-state index in [2.05, 4.69) is 20.0 Å². The number of anilines is 2. The van der Waals surface area contributed by atoms with E-state index in [1.165, 1.54) is 18.2 Å². The number of Topliss-reactive ketones (excluding diaryl/α,β-unsaturated/α-hetero) is 1. The molecular weight excluding hydrogens is 472 g/mol. The number of hydrogen-bond acceptors (Lipinski definition) is 8. The van der Waals surface area contributed by atoms with Crippen LogP contribution in [-0.2, 0) is 16.0 Å². The number of carbonyl (C=O) groups excluding carboxylic acids is 2. The average molecular weight is 498 g/mol. The topological polar surface area (TPSA) is 120 Å². The Morgan fingerprint density at radius 2 is 1.75 bits per heavy atom. The molecule has 4 rings (SSSR count). The van der Waals surface area contributed by atoms with Crippen LogP contribution >= 0.6 is 0 Å². The molecule has 2 heterocycles. The molecule has 188 valence electrons. The second-order valence-corrected chi connectivity index (χ2v) is 8.15. The van der Waals surface area contributed by atoms with Gasteiger partial charge in [-0.25, -0.2) is 9.97 Å². The van der Waals surface area contributed by atoms with Gasteiger partial charge in [0, 0.05) is 43.0 Å². The van der Waals surface area contributed by atoms with E-state index in [1.54, 1.807) is 12.4 Å².